The van der Waals surface area contributed by atoms with E-state index in [0.717, 1.165) is 11.1 Å². The van der Waals surface area contributed by atoms with Gasteiger partial charge in [-0.3, -0.25) is 14.4 Å². The lowest BCUT2D eigenvalue weighted by molar-refractivity contribution is -0.142. The van der Waals surface area contributed by atoms with Crippen molar-refractivity contribution in [2.24, 2.45) is 11.5 Å². The molecule has 0 saturated carbocycles. The van der Waals surface area contributed by atoms with Crippen LogP contribution in [-0.2, 0) is 38.4 Å². The minimum absolute atomic E-state index is 0.110. The second-order valence-corrected chi connectivity index (χ2v) is 10.1. The number of carboxylic acid groups (broad SMARTS) is 1. The summed E-state index contributed by atoms with van der Waals surface area (Å²) in [5, 5.41) is 17.7. The molecule has 4 unspecified atom stereocenters. The lowest BCUT2D eigenvalue weighted by Crippen LogP contribution is -2.58. The van der Waals surface area contributed by atoms with Crippen LogP contribution >= 0.6 is 0 Å². The number of hydrogen-bond donors (Lipinski definition) is 7. The van der Waals surface area contributed by atoms with E-state index < -0.39 is 47.9 Å². The molecule has 0 saturated heterocycles. The first-order valence-electron chi connectivity index (χ1n) is 13.9. The number of nitrogens with two attached hydrogens (primary N) is 2. The second-order valence-electron chi connectivity index (χ2n) is 10.1. The van der Waals surface area contributed by atoms with Gasteiger partial charge in [0, 0.05) is 31.2 Å². The topological polar surface area (TPSA) is 205 Å². The van der Waals surface area contributed by atoms with Crippen LogP contribution in [0.1, 0.15) is 36.1 Å². The monoisotopic (exact) mass is 577 g/mol. The lowest BCUT2D eigenvalue weighted by Gasteiger charge is -2.25. The standard InChI is InChI=1S/C30H39N7O5/c31-14-8-7-13-24(30(41)42)35-28(39)26(16-21-11-5-2-6-12-21)37-29(40)25(15-20-9-3-1-4-10-20)36-27(38)23(32)17-22-18-33-19-34-22/h1-6,9-12,18-19,23-26H,7-8,13-17,31-32H2,(H,33,34)(H,35,39)(H,36,38)(H,37,40)(H,41,42). The number of H-pyrrole nitrogens is 1. The number of aromatic amines is 1. The number of nitrogens with zero attached hydrogens (tertiary/aromatic N) is 1. The van der Waals surface area contributed by atoms with Gasteiger partial charge in [0.25, 0.3) is 0 Å². The molecule has 0 fully saturated rings. The molecular weight excluding hydrogens is 538 g/mol. The summed E-state index contributed by atoms with van der Waals surface area (Å²) in [5.41, 5.74) is 13.9. The molecule has 0 aliphatic heterocycles. The van der Waals surface area contributed by atoms with Crippen molar-refractivity contribution in [2.75, 3.05) is 6.54 Å². The molecule has 3 rings (SSSR count). The van der Waals surface area contributed by atoms with Crippen molar-refractivity contribution in [3.63, 3.8) is 0 Å². The molecule has 4 atom stereocenters. The predicted octanol–water partition coefficient (Wildman–Crippen LogP) is 0.433. The molecule has 0 spiro atoms. The summed E-state index contributed by atoms with van der Waals surface area (Å²) in [5.74, 6) is -2.97. The van der Waals surface area contributed by atoms with E-state index >= 15 is 0 Å². The molecule has 42 heavy (non-hydrogen) atoms. The first-order valence-corrected chi connectivity index (χ1v) is 13.9. The van der Waals surface area contributed by atoms with E-state index in [0.29, 0.717) is 25.1 Å². The van der Waals surface area contributed by atoms with E-state index in [2.05, 4.69) is 25.9 Å². The van der Waals surface area contributed by atoms with Gasteiger partial charge in [-0.05, 0) is 36.9 Å². The molecule has 2 aromatic carbocycles. The van der Waals surface area contributed by atoms with Crippen molar-refractivity contribution in [3.05, 3.63) is 90.0 Å². The third-order valence-corrected chi connectivity index (χ3v) is 6.72. The predicted molar refractivity (Wildman–Crippen MR) is 157 cm³/mol. The van der Waals surface area contributed by atoms with Crippen LogP contribution in [0, 0.1) is 0 Å². The van der Waals surface area contributed by atoms with E-state index in [-0.39, 0.29) is 25.7 Å². The number of imidazole rings is 1. The first-order chi connectivity index (χ1) is 20.3. The van der Waals surface area contributed by atoms with Crippen molar-refractivity contribution >= 4 is 23.7 Å². The molecule has 0 aliphatic rings. The van der Waals surface area contributed by atoms with Gasteiger partial charge in [-0.25, -0.2) is 9.78 Å². The Hall–Kier alpha value is -4.55. The van der Waals surface area contributed by atoms with Crippen molar-refractivity contribution in [1.82, 2.24) is 25.9 Å². The van der Waals surface area contributed by atoms with Gasteiger partial charge in [0.2, 0.25) is 17.7 Å². The Kier molecular flexibility index (Phi) is 12.7. The van der Waals surface area contributed by atoms with Crippen molar-refractivity contribution < 1.29 is 24.3 Å². The third kappa shape index (κ3) is 10.5. The molecule has 3 amide bonds. The van der Waals surface area contributed by atoms with E-state index in [4.69, 9.17) is 11.5 Å². The maximum absolute atomic E-state index is 13.7. The number of hydrogen-bond acceptors (Lipinski definition) is 7. The molecule has 12 nitrogen and oxygen atoms in total. The number of nitrogens with one attached hydrogen (secondary N) is 4. The minimum atomic E-state index is -1.18. The summed E-state index contributed by atoms with van der Waals surface area (Å²) in [4.78, 5) is 58.7. The molecular formula is C30H39N7O5. The number of amides is 3. The van der Waals surface area contributed by atoms with Crippen LogP contribution in [0.5, 0.6) is 0 Å². The number of unbranched alkanes of at least 4 members (excludes halogenated alkanes) is 1. The fourth-order valence-electron chi connectivity index (χ4n) is 4.42. The number of aromatic nitrogens is 2. The van der Waals surface area contributed by atoms with Crippen LogP contribution in [0.15, 0.2) is 73.2 Å². The molecule has 0 aliphatic carbocycles. The average molecular weight is 578 g/mol. The van der Waals surface area contributed by atoms with Crippen LogP contribution < -0.4 is 27.4 Å². The fourth-order valence-corrected chi connectivity index (χ4v) is 4.42. The molecule has 9 N–H and O–H groups in total. The number of carboxylic acids is 1. The Bertz CT molecular complexity index is 1270. The van der Waals surface area contributed by atoms with Gasteiger partial charge in [0.05, 0.1) is 12.4 Å². The summed E-state index contributed by atoms with van der Waals surface area (Å²) >= 11 is 0. The Labute approximate surface area is 244 Å². The zero-order valence-electron chi connectivity index (χ0n) is 23.4. The van der Waals surface area contributed by atoms with Crippen LogP contribution in [0.3, 0.4) is 0 Å². The molecule has 1 aromatic heterocycles. The summed E-state index contributed by atoms with van der Waals surface area (Å²) in [6.45, 7) is 0.410. The number of rotatable bonds is 17. The van der Waals surface area contributed by atoms with Crippen LogP contribution in [0.4, 0.5) is 0 Å². The van der Waals surface area contributed by atoms with Gasteiger partial charge in [-0.2, -0.15) is 0 Å². The molecule has 224 valence electrons. The Balaban J connectivity index is 1.79. The highest BCUT2D eigenvalue weighted by atomic mass is 16.4. The minimum Gasteiger partial charge on any atom is -0.480 e. The third-order valence-electron chi connectivity index (χ3n) is 6.72. The second kappa shape index (κ2) is 16.7. The zero-order chi connectivity index (χ0) is 30.3. The maximum Gasteiger partial charge on any atom is 0.326 e. The molecule has 0 bridgehead atoms. The Morgan fingerprint density at radius 3 is 1.76 bits per heavy atom. The van der Waals surface area contributed by atoms with E-state index in [9.17, 15) is 24.3 Å². The SMILES string of the molecule is NCCCCC(NC(=O)C(Cc1ccccc1)NC(=O)C(Cc1ccccc1)NC(=O)C(N)Cc1cnc[nH]1)C(=O)O. The average Bonchev–Trinajstić information content (AvgIpc) is 3.50. The lowest BCUT2D eigenvalue weighted by atomic mass is 10.0. The Morgan fingerprint density at radius 2 is 1.29 bits per heavy atom. The van der Waals surface area contributed by atoms with Crippen molar-refractivity contribution in [1.29, 1.82) is 0 Å². The van der Waals surface area contributed by atoms with Gasteiger partial charge in [-0.15, -0.1) is 0 Å². The van der Waals surface area contributed by atoms with Gasteiger partial charge >= 0.3 is 5.97 Å². The maximum atomic E-state index is 13.7. The van der Waals surface area contributed by atoms with Gasteiger partial charge in [-0.1, -0.05) is 60.7 Å². The fraction of sp³-hybridized carbons (Fsp3) is 0.367. The first kappa shape index (κ1) is 32.0. The summed E-state index contributed by atoms with van der Waals surface area (Å²) in [6.07, 6.45) is 4.83. The quantitative estimate of drug-likeness (QED) is 0.112. The number of carbonyl (C=O) groups excluding carboxylic acids is 3. The van der Waals surface area contributed by atoms with Crippen molar-refractivity contribution in [2.45, 2.75) is 62.7 Å². The molecule has 3 aromatic rings. The van der Waals surface area contributed by atoms with Gasteiger partial charge < -0.3 is 37.5 Å². The largest absolute Gasteiger partial charge is 0.480 e. The van der Waals surface area contributed by atoms with Crippen LogP contribution in [0.2, 0.25) is 0 Å². The highest BCUT2D eigenvalue weighted by Gasteiger charge is 2.30. The van der Waals surface area contributed by atoms with E-state index in [1.807, 2.05) is 36.4 Å². The number of carbonyl (C=O) groups is 4. The van der Waals surface area contributed by atoms with E-state index in [1.165, 1.54) is 6.33 Å². The molecule has 12 heteroatoms. The highest BCUT2D eigenvalue weighted by Crippen LogP contribution is 2.09. The van der Waals surface area contributed by atoms with Crippen LogP contribution in [0.25, 0.3) is 0 Å². The Morgan fingerprint density at radius 1 is 0.762 bits per heavy atom. The smallest absolute Gasteiger partial charge is 0.326 e. The normalized spacial score (nSPS) is 13.8. The number of benzene rings is 2. The van der Waals surface area contributed by atoms with Gasteiger partial charge in [0.15, 0.2) is 0 Å². The summed E-state index contributed by atoms with van der Waals surface area (Å²) < 4.78 is 0. The molecule has 1 heterocycles. The number of aliphatic carboxylic acids is 1. The van der Waals surface area contributed by atoms with E-state index in [1.54, 1.807) is 30.5 Å². The van der Waals surface area contributed by atoms with Crippen molar-refractivity contribution in [3.8, 4) is 0 Å². The summed E-state index contributed by atoms with van der Waals surface area (Å²) in [6, 6.07) is 13.9. The van der Waals surface area contributed by atoms with Crippen LogP contribution in [-0.4, -0.2) is 69.5 Å². The molecule has 0 radical (unpaired) electrons. The summed E-state index contributed by atoms with van der Waals surface area (Å²) in [7, 11) is 0. The van der Waals surface area contributed by atoms with Gasteiger partial charge in [0.1, 0.15) is 18.1 Å². The zero-order valence-corrected chi connectivity index (χ0v) is 23.4. The highest BCUT2D eigenvalue weighted by molar-refractivity contribution is 5.94.